The summed E-state index contributed by atoms with van der Waals surface area (Å²) in [7, 11) is 0. The Morgan fingerprint density at radius 1 is 0.268 bits per heavy atom. The van der Waals surface area contributed by atoms with Crippen LogP contribution in [0, 0.1) is 83.1 Å². The van der Waals surface area contributed by atoms with Crippen molar-refractivity contribution in [2.45, 2.75) is 145 Å². The second kappa shape index (κ2) is 47.9. The molecule has 0 N–H and O–H groups in total. The molecule has 0 unspecified atom stereocenters. The maximum atomic E-state index is 4.86. The van der Waals surface area contributed by atoms with Crippen molar-refractivity contribution in [3.8, 4) is 0 Å². The molecule has 6 rings (SSSR count). The van der Waals surface area contributed by atoms with Crippen molar-refractivity contribution >= 4 is 91.7 Å². The number of nitrogens with zero attached hydrogens (tertiary/aromatic N) is 6. The van der Waals surface area contributed by atoms with Gasteiger partial charge < -0.3 is 56.4 Å². The Morgan fingerprint density at radius 2 is 0.402 bits per heavy atom. The maximum Gasteiger partial charge on any atom is 2.00 e. The normalized spacial score (nSPS) is 11.3. The summed E-state index contributed by atoms with van der Waals surface area (Å²) in [6.45, 7) is 43.9. The average molecular weight is 1400 g/mol. The predicted molar refractivity (Wildman–Crippen MR) is 340 cm³/mol. The molecule has 0 saturated heterocycles. The molecular weight excluding hydrogens is 1310 g/mol. The van der Waals surface area contributed by atoms with Crippen LogP contribution in [0.4, 0.5) is 34.1 Å². The van der Waals surface area contributed by atoms with Gasteiger partial charge in [0.15, 0.2) is 0 Å². The molecule has 0 heterocycles. The van der Waals surface area contributed by atoms with Gasteiger partial charge in [0.1, 0.15) is 0 Å². The van der Waals surface area contributed by atoms with Crippen LogP contribution in [0.15, 0.2) is 158 Å². The third kappa shape index (κ3) is 29.3. The third-order valence-corrected chi connectivity index (χ3v) is 13.6. The molecule has 6 nitrogen and oxygen atoms in total. The summed E-state index contributed by atoms with van der Waals surface area (Å²) in [6.07, 6.45) is 0. The Morgan fingerprint density at radius 3 is 0.549 bits per heavy atom. The minimum absolute atomic E-state index is 0. The van der Waals surface area contributed by atoms with Gasteiger partial charge in [-0.15, -0.1) is 17.1 Å². The van der Waals surface area contributed by atoms with Crippen LogP contribution < -0.4 is 154 Å². The quantitative estimate of drug-likeness (QED) is 0.0864. The van der Waals surface area contributed by atoms with E-state index in [0.29, 0.717) is 0 Å². The molecule has 0 aliphatic carbocycles. The maximum absolute atomic E-state index is 4.86. The van der Waals surface area contributed by atoms with Crippen LogP contribution in [-0.4, -0.2) is 17.1 Å². The van der Waals surface area contributed by atoms with E-state index < -0.39 is 0 Å². The fourth-order valence-corrected chi connectivity index (χ4v) is 8.19. The van der Waals surface area contributed by atoms with Gasteiger partial charge in [-0.05, 0) is 175 Å². The van der Waals surface area contributed by atoms with Crippen LogP contribution in [0.1, 0.15) is 129 Å². The summed E-state index contributed by atoms with van der Waals surface area (Å²) in [5.74, 6) is 0. The van der Waals surface area contributed by atoms with Crippen LogP contribution in [-0.2, 0) is 109 Å². The molecule has 0 aromatic heterocycles. The number of hydrogen-bond acceptors (Lipinski definition) is 3. The van der Waals surface area contributed by atoms with Gasteiger partial charge in [0.25, 0.3) is 0 Å². The Labute approximate surface area is 688 Å². The Balaban J connectivity index is -0.000000194. The van der Waals surface area contributed by atoms with E-state index in [4.69, 9.17) is 30.9 Å². The Bertz CT molecular complexity index is 2700. The zero-order valence-electron chi connectivity index (χ0n) is 53.2. The van der Waals surface area contributed by atoms with Crippen molar-refractivity contribution in [2.75, 3.05) is 0 Å². The summed E-state index contributed by atoms with van der Waals surface area (Å²) >= 11 is 0. The Kier molecular flexibility index (Phi) is 56.4. The fourth-order valence-electron chi connectivity index (χ4n) is 8.19. The molecule has 0 fully saturated rings. The van der Waals surface area contributed by atoms with E-state index in [-0.39, 0.29) is 263 Å². The molecule has 0 aliphatic heterocycles. The average Bonchev–Trinajstić information content (AvgIpc) is 3.33. The fraction of sp³-hybridized carbons (Fsp3) is 0.318. The monoisotopic (exact) mass is 1390 g/mol. The summed E-state index contributed by atoms with van der Waals surface area (Å²) < 4.78 is 0. The van der Waals surface area contributed by atoms with Gasteiger partial charge in [0, 0.05) is 51.3 Å². The molecule has 0 saturated carbocycles. The molecule has 0 atom stereocenters. The predicted octanol–water partition coefficient (Wildman–Crippen LogP) is 12.0. The first-order valence-electron chi connectivity index (χ1n) is 25.1. The van der Waals surface area contributed by atoms with E-state index in [9.17, 15) is 0 Å². The summed E-state index contributed by atoms with van der Waals surface area (Å²) in [5, 5.41) is 14.6. The van der Waals surface area contributed by atoms with E-state index in [0.717, 1.165) is 85.1 Å². The smallest absolute Gasteiger partial charge is 2.00 e. The van der Waals surface area contributed by atoms with Gasteiger partial charge in [0.2, 0.25) is 0 Å². The number of para-hydroxylation sites is 6. The first-order valence-corrected chi connectivity index (χ1v) is 25.1. The van der Waals surface area contributed by atoms with E-state index in [1.165, 1.54) is 66.8 Å². The van der Waals surface area contributed by atoms with Crippen molar-refractivity contribution in [1.29, 1.82) is 0 Å². The van der Waals surface area contributed by atoms with Crippen molar-refractivity contribution in [1.82, 2.24) is 0 Å². The zero-order valence-corrected chi connectivity index (χ0v) is 69.5. The van der Waals surface area contributed by atoms with E-state index >= 15 is 0 Å². The molecular formula is C66H81Fe4K3N6S3-2. The largest absolute Gasteiger partial charge is 2.00 e. The molecule has 6 aromatic carbocycles. The van der Waals surface area contributed by atoms with Crippen LogP contribution >= 0.6 is 0 Å². The molecule has 0 spiro atoms. The van der Waals surface area contributed by atoms with E-state index in [2.05, 4.69) is 255 Å². The zero-order chi connectivity index (χ0) is 53.6. The SMILES string of the molecule is CC(=Nc1c(C)cccc1C)/C(C)=C(/C)[N-]c1c(C)cccc1C.CC(=Nc1c(C)cccc1C)/C(C)=C(/C)[N-]c1c(C)cccc1C.CC(=Nc1c(C)cccc1C)/C(C)=C(/C)[N-]c1c(C)cccc1C.[Fe+2].[Fe+2].[Fe].[Fe].[K+].[K+].[K+].[S-2].[S-2].[S-2]. The number of aliphatic imine (C=N–C) groups is 3. The molecule has 0 radical (unpaired) electrons. The van der Waals surface area contributed by atoms with E-state index in [1.807, 2.05) is 0 Å². The minimum Gasteiger partial charge on any atom is -2.00 e. The minimum atomic E-state index is 0. The second-order valence-electron chi connectivity index (χ2n) is 19.5. The number of benzene rings is 6. The molecule has 0 aliphatic rings. The molecule has 0 amide bonds. The first-order chi connectivity index (χ1) is 33.9. The topological polar surface area (TPSA) is 79.4 Å². The molecule has 82 heavy (non-hydrogen) atoms. The summed E-state index contributed by atoms with van der Waals surface area (Å²) in [5.41, 5.74) is 30.2. The van der Waals surface area contributed by atoms with Crippen LogP contribution in [0.3, 0.4) is 0 Å². The summed E-state index contributed by atoms with van der Waals surface area (Å²) in [4.78, 5) is 14.6. The number of rotatable bonds is 12. The molecule has 430 valence electrons. The molecule has 16 heteroatoms. The van der Waals surface area contributed by atoms with Crippen LogP contribution in [0.25, 0.3) is 16.0 Å². The third-order valence-electron chi connectivity index (χ3n) is 13.6. The number of aryl methyl sites for hydroxylation is 12. The van der Waals surface area contributed by atoms with Crippen LogP contribution in [0.2, 0.25) is 0 Å². The molecule has 6 aromatic rings. The Hall–Kier alpha value is 0.987. The van der Waals surface area contributed by atoms with E-state index in [1.54, 1.807) is 0 Å². The van der Waals surface area contributed by atoms with Gasteiger partial charge in [-0.1, -0.05) is 163 Å². The van der Waals surface area contributed by atoms with Gasteiger partial charge in [-0.3, -0.25) is 15.0 Å². The van der Waals surface area contributed by atoms with Gasteiger partial charge >= 0.3 is 188 Å². The summed E-state index contributed by atoms with van der Waals surface area (Å²) in [6, 6.07) is 37.7. The van der Waals surface area contributed by atoms with Crippen molar-refractivity contribution < 1.29 is 222 Å². The standard InChI is InChI=1S/3C22H27N2.4Fe.3K.3S/c3*1-14-10-8-11-15(2)21(14)23-19(6)18(5)20(7)24-22-16(3)12-9-13-17(22)4;;;;;;;;;;/h3*8-13H,1-7H3;;;;;;;;;;/q3*-1;;;2*+2;3*+1;3*-2/b3*19-18-,24-20?;;;;;;;;;;. The van der Waals surface area contributed by atoms with Gasteiger partial charge in [-0.2, -0.15) is 17.1 Å². The van der Waals surface area contributed by atoms with Crippen LogP contribution in [0.5, 0.6) is 0 Å². The molecule has 0 bridgehead atoms. The van der Waals surface area contributed by atoms with Crippen molar-refractivity contribution in [3.63, 3.8) is 0 Å². The van der Waals surface area contributed by atoms with Gasteiger partial charge in [0.05, 0.1) is 17.1 Å². The van der Waals surface area contributed by atoms with Crippen molar-refractivity contribution in [3.05, 3.63) is 226 Å². The first kappa shape index (κ1) is 96.6. The second-order valence-corrected chi connectivity index (χ2v) is 19.5. The van der Waals surface area contributed by atoms with Crippen molar-refractivity contribution in [2.24, 2.45) is 15.0 Å². The number of hydrogen-bond donors (Lipinski definition) is 0. The van der Waals surface area contributed by atoms with Gasteiger partial charge in [-0.25, -0.2) is 0 Å². The number of allylic oxidation sites excluding steroid dienone is 6.